The van der Waals surface area contributed by atoms with E-state index in [-0.39, 0.29) is 0 Å². The molecule has 0 spiro atoms. The van der Waals surface area contributed by atoms with Crippen molar-refractivity contribution in [2.75, 3.05) is 35.7 Å². The van der Waals surface area contributed by atoms with Gasteiger partial charge in [0.2, 0.25) is 0 Å². The molecule has 3 saturated carbocycles. The van der Waals surface area contributed by atoms with E-state index in [1.807, 2.05) is 4.80 Å². The molecule has 0 unspecified atom stereocenters. The van der Waals surface area contributed by atoms with Gasteiger partial charge in [-0.05, 0) is 0 Å². The number of anilines is 2. The van der Waals surface area contributed by atoms with Crippen LogP contribution in [0.25, 0.3) is 0 Å². The third kappa shape index (κ3) is 7.86. The average Bonchev–Trinajstić information content (AvgIpc) is 3.57. The van der Waals surface area contributed by atoms with Crippen molar-refractivity contribution < 1.29 is 16.6 Å². The Labute approximate surface area is 310 Å². The van der Waals surface area contributed by atoms with Crippen LogP contribution in [0.3, 0.4) is 0 Å². The van der Waals surface area contributed by atoms with Crippen LogP contribution in [0.2, 0.25) is 0 Å². The molecule has 3 nitrogen and oxygen atoms in total. The van der Waals surface area contributed by atoms with E-state index >= 15 is 0 Å². The Kier molecular flexibility index (Phi) is 12.9. The van der Waals surface area contributed by atoms with Gasteiger partial charge in [0.15, 0.2) is 0 Å². The van der Waals surface area contributed by atoms with Gasteiger partial charge < -0.3 is 0 Å². The molecule has 0 radical (unpaired) electrons. The predicted octanol–water partition coefficient (Wildman–Crippen LogP) is 12.2. The summed E-state index contributed by atoms with van der Waals surface area (Å²) in [7, 11) is 14.2. The van der Waals surface area contributed by atoms with Crippen molar-refractivity contribution in [1.82, 2.24) is 0 Å². The standard InChI is InChI=1S/C21H26N2.C21H38OP.2ClH.Ru/c1-14-7-9-20(18(5)16(14)3)22-11-12-23(13-22)21-10-8-15(2)17(4)19(21)6;1-22-17-18-23(19-11-5-2-6-12-19,20-13-7-3-8-14-20)21-15-9-4-10-16-21;;;/h7-10H,11-12H2,1-6H3;1,19-21H,2-18H2;2*1H;/q;+1;;;+2/p-2. The van der Waals surface area contributed by atoms with Crippen LogP contribution in [0.4, 0.5) is 11.4 Å². The fourth-order valence-electron chi connectivity index (χ4n) is 10.2. The number of halogens is 2. The first-order valence-electron chi connectivity index (χ1n) is 19.6. The van der Waals surface area contributed by atoms with Crippen LogP contribution in [0, 0.1) is 41.5 Å². The van der Waals surface area contributed by atoms with Crippen molar-refractivity contribution in [2.45, 2.75) is 155 Å². The summed E-state index contributed by atoms with van der Waals surface area (Å²) >= 11 is -3.63. The number of hydrogen-bond acceptors (Lipinski definition) is 3. The van der Waals surface area contributed by atoms with Crippen LogP contribution in [0.5, 0.6) is 0 Å². The van der Waals surface area contributed by atoms with Gasteiger partial charge in [-0.2, -0.15) is 0 Å². The van der Waals surface area contributed by atoms with Crippen LogP contribution in [0.15, 0.2) is 24.3 Å². The first kappa shape index (κ1) is 38.1. The fourth-order valence-corrected chi connectivity index (χ4v) is 22.5. The van der Waals surface area contributed by atoms with E-state index in [0.29, 0.717) is 0 Å². The third-order valence-corrected chi connectivity index (χ3v) is 24.9. The maximum atomic E-state index is 7.72. The topological polar surface area (TPSA) is 15.7 Å². The van der Waals surface area contributed by atoms with Gasteiger partial charge >= 0.3 is 312 Å². The maximum absolute atomic E-state index is 7.72. The average molecular weight is 816 g/mol. The molecule has 4 fully saturated rings. The molecule has 1 heterocycles. The van der Waals surface area contributed by atoms with Crippen LogP contribution in [-0.4, -0.2) is 52.0 Å². The van der Waals surface area contributed by atoms with E-state index in [1.54, 1.807) is 0 Å². The van der Waals surface area contributed by atoms with Crippen LogP contribution in [-0.2, 0) is 16.6 Å². The van der Waals surface area contributed by atoms with E-state index in [2.05, 4.69) is 75.6 Å². The SMILES string of the molecule is Cc1ccc(N2CCN(c3ccc(C)c(C)c3C)[C]2=[Ru]([Cl])([Cl])=[CH]OCC[P+](C2CCCCC2)(C2CCCCC2)C2CCCCC2)c(C)c1C. The normalized spacial score (nSPS) is 21.1. The molecule has 0 aromatic heterocycles. The van der Waals surface area contributed by atoms with Gasteiger partial charge in [-0.25, -0.2) is 0 Å². The molecule has 4 aliphatic rings. The molecule has 0 N–H and O–H groups in total. The summed E-state index contributed by atoms with van der Waals surface area (Å²) in [5, 5.41) is 0. The van der Waals surface area contributed by atoms with Crippen molar-refractivity contribution in [2.24, 2.45) is 0 Å². The molecule has 274 valence electrons. The summed E-state index contributed by atoms with van der Waals surface area (Å²) in [6.45, 7) is 15.9. The summed E-state index contributed by atoms with van der Waals surface area (Å²) in [5.74, 6) is 0. The van der Waals surface area contributed by atoms with E-state index in [4.69, 9.17) is 24.1 Å². The number of nitrogens with zero attached hydrogens (tertiary/aromatic N) is 2. The Morgan fingerprint density at radius 2 is 1.00 bits per heavy atom. The molecule has 3 aliphatic carbocycles. The van der Waals surface area contributed by atoms with Gasteiger partial charge in [0.1, 0.15) is 0 Å². The third-order valence-electron chi connectivity index (χ3n) is 13.4. The molecule has 1 aliphatic heterocycles. The number of rotatable bonds is 9. The summed E-state index contributed by atoms with van der Waals surface area (Å²) in [5.41, 5.74) is 13.3. The van der Waals surface area contributed by atoms with Gasteiger partial charge in [-0.15, -0.1) is 0 Å². The molecule has 0 bridgehead atoms. The zero-order chi connectivity index (χ0) is 34.8. The second-order valence-electron chi connectivity index (χ2n) is 15.9. The Bertz CT molecular complexity index is 1470. The summed E-state index contributed by atoms with van der Waals surface area (Å²) in [6.07, 6.45) is 23.1. The molecule has 49 heavy (non-hydrogen) atoms. The van der Waals surface area contributed by atoms with Crippen LogP contribution < -0.4 is 9.80 Å². The molecule has 6 rings (SSSR count). The Balaban J connectivity index is 1.38. The summed E-state index contributed by atoms with van der Waals surface area (Å²) < 4.78 is 7.85. The minimum atomic E-state index is -3.63. The zero-order valence-electron chi connectivity index (χ0n) is 31.4. The Morgan fingerprint density at radius 1 is 0.612 bits per heavy atom. The minimum absolute atomic E-state index is 0.790. The van der Waals surface area contributed by atoms with Gasteiger partial charge in [-0.1, -0.05) is 0 Å². The quantitative estimate of drug-likeness (QED) is 0.142. The Morgan fingerprint density at radius 3 is 1.39 bits per heavy atom. The molecule has 1 saturated heterocycles. The number of aryl methyl sites for hydroxylation is 2. The first-order chi connectivity index (χ1) is 23.6. The van der Waals surface area contributed by atoms with Gasteiger partial charge in [0, 0.05) is 0 Å². The van der Waals surface area contributed by atoms with Gasteiger partial charge in [0.25, 0.3) is 0 Å². The first-order valence-corrected chi connectivity index (χ1v) is 28.1. The van der Waals surface area contributed by atoms with Crippen molar-refractivity contribution in [3.8, 4) is 0 Å². The van der Waals surface area contributed by atoms with Crippen LogP contribution in [0.1, 0.15) is 130 Å². The molecule has 0 atom stereocenters. The van der Waals surface area contributed by atoms with Crippen molar-refractivity contribution in [1.29, 1.82) is 0 Å². The van der Waals surface area contributed by atoms with Crippen molar-refractivity contribution >= 4 is 47.2 Å². The predicted molar refractivity (Wildman–Crippen MR) is 217 cm³/mol. The van der Waals surface area contributed by atoms with E-state index in [9.17, 15) is 0 Å². The monoisotopic (exact) mass is 815 g/mol. The molecule has 7 heteroatoms. The fraction of sp³-hybridized carbons (Fsp3) is 0.667. The van der Waals surface area contributed by atoms with Gasteiger partial charge in [0.05, 0.1) is 0 Å². The van der Waals surface area contributed by atoms with Crippen molar-refractivity contribution in [3.63, 3.8) is 0 Å². The molecular weight excluding hydrogens is 751 g/mol. The van der Waals surface area contributed by atoms with Crippen molar-refractivity contribution in [3.05, 3.63) is 57.6 Å². The van der Waals surface area contributed by atoms with E-state index in [0.717, 1.165) is 41.0 Å². The Hall–Kier alpha value is -0.627. The number of ether oxygens (including phenoxy) is 1. The molecule has 2 aromatic carbocycles. The summed E-state index contributed by atoms with van der Waals surface area (Å²) in [6, 6.07) is 9.05. The number of hydrogen-bond donors (Lipinski definition) is 0. The number of benzene rings is 2. The van der Waals surface area contributed by atoms with E-state index < -0.39 is 19.2 Å². The summed E-state index contributed by atoms with van der Waals surface area (Å²) in [4.78, 5) is 6.85. The second-order valence-corrected chi connectivity index (χ2v) is 29.6. The van der Waals surface area contributed by atoms with Gasteiger partial charge in [-0.3, -0.25) is 0 Å². The second kappa shape index (κ2) is 16.6. The molecule has 0 amide bonds. The van der Waals surface area contributed by atoms with E-state index in [1.165, 1.54) is 147 Å². The molecule has 2 aromatic rings. The van der Waals surface area contributed by atoms with Crippen LogP contribution >= 0.6 is 26.6 Å². The zero-order valence-corrected chi connectivity index (χ0v) is 35.6. The molecular formula is C42H64Cl2N2OPRu+.